The fraction of sp³-hybridized carbons (Fsp3) is 0.222. The molecule has 0 unspecified atom stereocenters. The number of carbonyl (C=O) groups excluding carboxylic acids is 1. The van der Waals surface area contributed by atoms with Crippen LogP contribution >= 0.6 is 0 Å². The van der Waals surface area contributed by atoms with Gasteiger partial charge in [0.2, 0.25) is 5.43 Å². The van der Waals surface area contributed by atoms with E-state index in [9.17, 15) is 9.59 Å². The molecule has 1 N–H and O–H groups in total. The number of aryl methyl sites for hydroxylation is 1. The molecule has 2 rings (SSSR count). The fourth-order valence-corrected chi connectivity index (χ4v) is 2.40. The lowest BCUT2D eigenvalue weighted by Crippen LogP contribution is -2.47. The van der Waals surface area contributed by atoms with E-state index in [1.165, 1.54) is 18.9 Å². The van der Waals surface area contributed by atoms with E-state index >= 15 is 0 Å². The third kappa shape index (κ3) is 3.24. The Bertz CT molecular complexity index is 880. The second kappa shape index (κ2) is 7.07. The van der Waals surface area contributed by atoms with Gasteiger partial charge >= 0.3 is 0 Å². The zero-order chi connectivity index (χ0) is 17.0. The molecule has 0 spiro atoms. The van der Waals surface area contributed by atoms with Gasteiger partial charge in [-0.05, 0) is 31.0 Å². The summed E-state index contributed by atoms with van der Waals surface area (Å²) in [5.74, 6) is -0.584. The Morgan fingerprint density at radius 2 is 2.00 bits per heavy atom. The van der Waals surface area contributed by atoms with Crippen LogP contribution in [0.25, 0.3) is 18.3 Å². The van der Waals surface area contributed by atoms with Gasteiger partial charge in [-0.15, -0.1) is 0 Å². The Hall–Kier alpha value is -2.66. The summed E-state index contributed by atoms with van der Waals surface area (Å²) < 4.78 is 1.74. The predicted molar refractivity (Wildman–Crippen MR) is 90.8 cm³/mol. The molecular weight excluding hydrogens is 292 g/mol. The number of nitrogens with one attached hydrogen (secondary N) is 1. The van der Waals surface area contributed by atoms with Crippen molar-refractivity contribution in [2.75, 3.05) is 7.11 Å². The molecule has 23 heavy (non-hydrogen) atoms. The van der Waals surface area contributed by atoms with Gasteiger partial charge in [0, 0.05) is 22.5 Å². The average Bonchev–Trinajstić information content (AvgIpc) is 2.56. The minimum absolute atomic E-state index is 0.00641. The van der Waals surface area contributed by atoms with Crippen LogP contribution in [-0.4, -0.2) is 17.6 Å². The highest BCUT2D eigenvalue weighted by atomic mass is 16.6. The molecule has 5 heteroatoms. The lowest BCUT2D eigenvalue weighted by Gasteiger charge is -2.11. The molecule has 0 saturated heterocycles. The van der Waals surface area contributed by atoms with Gasteiger partial charge in [-0.1, -0.05) is 31.7 Å². The summed E-state index contributed by atoms with van der Waals surface area (Å²) >= 11 is 0. The Kier molecular flexibility index (Phi) is 5.13. The lowest BCUT2D eigenvalue weighted by atomic mass is 10.1. The van der Waals surface area contributed by atoms with Crippen LogP contribution in [0.4, 0.5) is 0 Å². The maximum atomic E-state index is 12.4. The second-order valence-electron chi connectivity index (χ2n) is 5.05. The van der Waals surface area contributed by atoms with Crippen molar-refractivity contribution in [2.45, 2.75) is 20.3 Å². The summed E-state index contributed by atoms with van der Waals surface area (Å²) in [7, 11) is 1.32. The molecule has 0 fully saturated rings. The van der Waals surface area contributed by atoms with Crippen molar-refractivity contribution in [1.82, 2.24) is 10.0 Å². The normalized spacial score (nSPS) is 11.5. The van der Waals surface area contributed by atoms with Crippen LogP contribution < -0.4 is 21.5 Å². The molecule has 1 amide bonds. The first kappa shape index (κ1) is 16.7. The van der Waals surface area contributed by atoms with Crippen molar-refractivity contribution in [3.05, 3.63) is 62.4 Å². The molecule has 1 aromatic heterocycles. The summed E-state index contributed by atoms with van der Waals surface area (Å²) in [6, 6.07) is 7.90. The van der Waals surface area contributed by atoms with Crippen LogP contribution in [0.3, 0.4) is 0 Å². The van der Waals surface area contributed by atoms with Gasteiger partial charge < -0.3 is 4.57 Å². The maximum Gasteiger partial charge on any atom is 0.280 e. The molecule has 0 aliphatic carbocycles. The topological polar surface area (TPSA) is 60.3 Å². The smallest absolute Gasteiger partial charge is 0.280 e. The van der Waals surface area contributed by atoms with Gasteiger partial charge in [0.1, 0.15) is 5.56 Å². The molecule has 120 valence electrons. The number of pyridine rings is 1. The van der Waals surface area contributed by atoms with Crippen molar-refractivity contribution in [3.8, 4) is 5.69 Å². The van der Waals surface area contributed by atoms with Crippen molar-refractivity contribution < 1.29 is 9.63 Å². The molecule has 0 saturated carbocycles. The third-order valence-electron chi connectivity index (χ3n) is 3.70. The fourth-order valence-electron chi connectivity index (χ4n) is 2.40. The second-order valence-corrected chi connectivity index (χ2v) is 5.05. The van der Waals surface area contributed by atoms with Crippen LogP contribution in [0.5, 0.6) is 0 Å². The van der Waals surface area contributed by atoms with E-state index in [1.807, 2.05) is 24.3 Å². The highest BCUT2D eigenvalue weighted by Gasteiger charge is 2.13. The molecular formula is C18H20N2O3. The lowest BCUT2D eigenvalue weighted by molar-refractivity contribution is 0.0535. The van der Waals surface area contributed by atoms with Gasteiger partial charge in [-0.25, -0.2) is 5.48 Å². The quantitative estimate of drug-likeness (QED) is 0.854. The van der Waals surface area contributed by atoms with Crippen LogP contribution in [0.1, 0.15) is 29.8 Å². The number of rotatable bonds is 4. The van der Waals surface area contributed by atoms with Gasteiger partial charge in [-0.3, -0.25) is 14.4 Å². The largest absolute Gasteiger partial charge is 0.316 e. The summed E-state index contributed by atoms with van der Waals surface area (Å²) in [6.07, 6.45) is 4.09. The van der Waals surface area contributed by atoms with E-state index in [-0.39, 0.29) is 11.0 Å². The monoisotopic (exact) mass is 312 g/mol. The molecule has 0 atom stereocenters. The number of amides is 1. The van der Waals surface area contributed by atoms with Gasteiger partial charge in [0.05, 0.1) is 7.11 Å². The number of carbonyl (C=O) groups is 1. The zero-order valence-corrected chi connectivity index (χ0v) is 13.6. The van der Waals surface area contributed by atoms with Crippen LogP contribution in [-0.2, 0) is 11.3 Å². The van der Waals surface area contributed by atoms with E-state index in [4.69, 9.17) is 0 Å². The number of nitrogens with zero attached hydrogens (tertiary/aromatic N) is 1. The minimum Gasteiger partial charge on any atom is -0.316 e. The molecule has 0 bridgehead atoms. The Balaban J connectivity index is 2.73. The average molecular weight is 312 g/mol. The molecule has 0 aliphatic rings. The molecule has 0 radical (unpaired) electrons. The third-order valence-corrected chi connectivity index (χ3v) is 3.70. The van der Waals surface area contributed by atoms with Crippen LogP contribution in [0.2, 0.25) is 0 Å². The summed E-state index contributed by atoms with van der Waals surface area (Å²) in [5.41, 5.74) is 3.87. The number of benzene rings is 1. The summed E-state index contributed by atoms with van der Waals surface area (Å²) in [5, 5.41) is 0.934. The number of hydrogen-bond donors (Lipinski definition) is 1. The van der Waals surface area contributed by atoms with E-state index in [1.54, 1.807) is 17.6 Å². The highest BCUT2D eigenvalue weighted by Crippen LogP contribution is 2.08. The van der Waals surface area contributed by atoms with Crippen LogP contribution in [0.15, 0.2) is 35.3 Å². The first-order chi connectivity index (χ1) is 11.0. The Labute approximate surface area is 134 Å². The number of aromatic nitrogens is 1. The maximum absolute atomic E-state index is 12.4. The summed E-state index contributed by atoms with van der Waals surface area (Å²) in [4.78, 5) is 29.1. The standard InChI is InChI=1S/C18H20N2O3/c1-5-13-7-9-14(10-8-13)20-11-16(18(22)19-23-4)17(21)15(6-2)12(20)3/h6-11H,3,5H2,1-2,4H3,(H,19,22)/b15-6+. The van der Waals surface area contributed by atoms with Crippen molar-refractivity contribution in [2.24, 2.45) is 0 Å². The zero-order valence-electron chi connectivity index (χ0n) is 13.6. The van der Waals surface area contributed by atoms with E-state index in [0.717, 1.165) is 12.1 Å². The minimum atomic E-state index is -0.584. The van der Waals surface area contributed by atoms with E-state index in [2.05, 4.69) is 23.8 Å². The molecule has 2 aromatic rings. The SMILES string of the molecule is C=c1/c(=C\C)c(=O)c(C(=O)NOC)cn1-c1ccc(CC)cc1. The summed E-state index contributed by atoms with van der Waals surface area (Å²) in [6.45, 7) is 7.81. The Morgan fingerprint density at radius 1 is 1.35 bits per heavy atom. The predicted octanol–water partition coefficient (Wildman–Crippen LogP) is 0.902. The molecule has 1 heterocycles. The number of hydrogen-bond acceptors (Lipinski definition) is 3. The van der Waals surface area contributed by atoms with Crippen molar-refractivity contribution in [3.63, 3.8) is 0 Å². The number of hydroxylamine groups is 1. The van der Waals surface area contributed by atoms with Gasteiger partial charge in [-0.2, -0.15) is 0 Å². The molecule has 1 aromatic carbocycles. The first-order valence-corrected chi connectivity index (χ1v) is 7.37. The van der Waals surface area contributed by atoms with E-state index < -0.39 is 5.91 Å². The van der Waals surface area contributed by atoms with Crippen LogP contribution in [0, 0.1) is 0 Å². The highest BCUT2D eigenvalue weighted by molar-refractivity contribution is 5.93. The van der Waals surface area contributed by atoms with E-state index in [0.29, 0.717) is 10.6 Å². The first-order valence-electron chi connectivity index (χ1n) is 7.37. The van der Waals surface area contributed by atoms with Crippen molar-refractivity contribution >= 4 is 18.6 Å². The molecule has 5 nitrogen and oxygen atoms in total. The van der Waals surface area contributed by atoms with Crippen molar-refractivity contribution in [1.29, 1.82) is 0 Å². The van der Waals surface area contributed by atoms with Gasteiger partial charge in [0.15, 0.2) is 0 Å². The van der Waals surface area contributed by atoms with Gasteiger partial charge in [0.25, 0.3) is 5.91 Å². The molecule has 0 aliphatic heterocycles. The Morgan fingerprint density at radius 3 is 2.52 bits per heavy atom.